The Labute approximate surface area is 395 Å². The van der Waals surface area contributed by atoms with Gasteiger partial charge in [0.05, 0.1) is 13.2 Å². The number of hydrogen-bond acceptors (Lipinski definition) is 16. The Morgan fingerprint density at radius 2 is 1.45 bits per heavy atom. The molecule has 1 aromatic rings. The van der Waals surface area contributed by atoms with Crippen molar-refractivity contribution in [3.8, 4) is 0 Å². The molecule has 380 valence electrons. The van der Waals surface area contributed by atoms with Crippen molar-refractivity contribution in [2.45, 2.75) is 173 Å². The normalized spacial score (nSPS) is 20.0. The number of aliphatic hydroxyl groups excluding tert-OH is 2. The van der Waals surface area contributed by atoms with Crippen molar-refractivity contribution >= 4 is 39.2 Å². The van der Waals surface area contributed by atoms with Gasteiger partial charge in [-0.25, -0.2) is 13.9 Å². The van der Waals surface area contributed by atoms with Gasteiger partial charge in [-0.15, -0.1) is 0 Å². The van der Waals surface area contributed by atoms with Crippen molar-refractivity contribution in [2.24, 2.45) is 5.92 Å². The van der Waals surface area contributed by atoms with Gasteiger partial charge in [-0.1, -0.05) is 128 Å². The molecule has 0 amide bonds. The van der Waals surface area contributed by atoms with E-state index in [4.69, 9.17) is 29.0 Å². The number of aliphatic hydroxyl groups is 2. The topological polar surface area (TPSA) is 283 Å². The number of hydrogen-bond donors (Lipinski definition) is 5. The molecule has 1 aliphatic heterocycles. The molecule has 19 nitrogen and oxygen atoms in total. The second kappa shape index (κ2) is 33.8. The van der Waals surface area contributed by atoms with Gasteiger partial charge in [0.15, 0.2) is 18.1 Å². The Morgan fingerprint density at radius 3 is 2.13 bits per heavy atom. The molecule has 1 saturated heterocycles. The number of allylic oxidation sites excluding steroid dienone is 8. The summed E-state index contributed by atoms with van der Waals surface area (Å²) >= 11 is 0. The highest BCUT2D eigenvalue weighted by Gasteiger charge is 2.46. The lowest BCUT2D eigenvalue weighted by molar-refractivity contribution is -0.161. The van der Waals surface area contributed by atoms with Crippen molar-refractivity contribution in [3.05, 3.63) is 71.4 Å². The zero-order chi connectivity index (χ0) is 49.5. The van der Waals surface area contributed by atoms with Crippen LogP contribution in [-0.4, -0.2) is 91.5 Å². The molecule has 0 spiro atoms. The summed E-state index contributed by atoms with van der Waals surface area (Å²) in [6, 6.07) is 1.23. The quantitative estimate of drug-likeness (QED) is 0.0105. The SMILES string of the molecule is CCCCC/C=C\C/C=C\C/C=C\C=C\C(=O)CCCC(=O)OC[C@H](COP(=O)(O)OP(=O)(O)OC[C@H]1O[C@@H](n2ccc(N)nc2=O)[C@H](O)[C@@H]1O)OC(=O)CCCCCCCCCCC(C)C. The van der Waals surface area contributed by atoms with E-state index in [-0.39, 0.29) is 37.3 Å². The van der Waals surface area contributed by atoms with E-state index < -0.39 is 83.7 Å². The van der Waals surface area contributed by atoms with Crippen molar-refractivity contribution in [1.29, 1.82) is 0 Å². The van der Waals surface area contributed by atoms with Crippen LogP contribution in [0.1, 0.15) is 149 Å². The van der Waals surface area contributed by atoms with Crippen LogP contribution in [0.2, 0.25) is 0 Å². The highest BCUT2D eigenvalue weighted by molar-refractivity contribution is 7.61. The summed E-state index contributed by atoms with van der Waals surface area (Å²) in [6.45, 7) is 4.09. The van der Waals surface area contributed by atoms with E-state index in [0.717, 1.165) is 62.1 Å². The maximum absolute atomic E-state index is 12.8. The standard InChI is InChI=1S/C46H75N3O16P2/c1-4-5-6-7-8-9-10-11-12-13-17-20-23-27-37(50)28-25-30-41(51)60-33-38(63-42(52)29-24-21-18-15-14-16-19-22-26-36(2)3)34-61-66(56,57)65-67(58,59)62-35-39-43(53)44(54)45(64-39)49-32-31-40(47)48-46(49)55/h8-9,11-12,17,20,23,27,31-32,36,38-39,43-45,53-54H,4-7,10,13-16,18-19,21-22,24-26,28-30,33-35H2,1-3H3,(H,56,57)(H,58,59)(H2,47,48,55)/b9-8-,12-11-,20-17-,27-23+/t38-,39-,43-,44-,45-/m1/s1. The Kier molecular flexibility index (Phi) is 30.0. The minimum atomic E-state index is -5.47. The molecule has 67 heavy (non-hydrogen) atoms. The molecule has 21 heteroatoms. The number of aromatic nitrogens is 2. The predicted octanol–water partition coefficient (Wildman–Crippen LogP) is 8.03. The molecule has 7 atom stereocenters. The molecule has 0 radical (unpaired) electrons. The van der Waals surface area contributed by atoms with Crippen LogP contribution in [0.3, 0.4) is 0 Å². The minimum absolute atomic E-state index is 0.00169. The van der Waals surface area contributed by atoms with Gasteiger partial charge in [0, 0.05) is 25.5 Å². The highest BCUT2D eigenvalue weighted by Crippen LogP contribution is 2.60. The lowest BCUT2D eigenvalue weighted by Gasteiger charge is -2.21. The molecule has 6 N–H and O–H groups in total. The van der Waals surface area contributed by atoms with Crippen molar-refractivity contribution in [1.82, 2.24) is 9.55 Å². The number of rotatable bonds is 37. The molecular weight excluding hydrogens is 912 g/mol. The van der Waals surface area contributed by atoms with E-state index in [0.29, 0.717) is 12.3 Å². The van der Waals surface area contributed by atoms with Crippen LogP contribution in [-0.2, 0) is 51.1 Å². The van der Waals surface area contributed by atoms with Gasteiger partial charge in [0.1, 0.15) is 30.7 Å². The maximum Gasteiger partial charge on any atom is 0.481 e. The number of carbonyl (C=O) groups excluding carboxylic acids is 3. The van der Waals surface area contributed by atoms with Gasteiger partial charge >= 0.3 is 33.3 Å². The number of phosphoric acid groups is 2. The zero-order valence-electron chi connectivity index (χ0n) is 39.3. The van der Waals surface area contributed by atoms with Crippen LogP contribution < -0.4 is 11.4 Å². The number of nitrogens with zero attached hydrogens (tertiary/aromatic N) is 2. The summed E-state index contributed by atoms with van der Waals surface area (Å²) in [5.74, 6) is -1.07. The number of ketones is 1. The molecular formula is C46H75N3O16P2. The summed E-state index contributed by atoms with van der Waals surface area (Å²) in [5.41, 5.74) is 4.56. The molecule has 1 aromatic heterocycles. The van der Waals surface area contributed by atoms with E-state index in [9.17, 15) is 48.3 Å². The number of anilines is 1. The van der Waals surface area contributed by atoms with E-state index >= 15 is 0 Å². The smallest absolute Gasteiger partial charge is 0.462 e. The lowest BCUT2D eigenvalue weighted by Crippen LogP contribution is -2.36. The molecule has 0 aromatic carbocycles. The summed E-state index contributed by atoms with van der Waals surface area (Å²) in [7, 11) is -10.9. The van der Waals surface area contributed by atoms with Gasteiger partial charge in [-0.05, 0) is 56.6 Å². The zero-order valence-corrected chi connectivity index (χ0v) is 41.1. The first-order valence-corrected chi connectivity index (χ1v) is 26.5. The number of nitrogen functional groups attached to an aromatic ring is 1. The molecule has 2 rings (SSSR count). The molecule has 2 unspecified atom stereocenters. The fourth-order valence-corrected chi connectivity index (χ4v) is 8.74. The molecule has 0 saturated carbocycles. The molecule has 0 aliphatic carbocycles. The largest absolute Gasteiger partial charge is 0.481 e. The summed E-state index contributed by atoms with van der Waals surface area (Å²) in [4.78, 5) is 74.0. The van der Waals surface area contributed by atoms with Crippen LogP contribution in [0.4, 0.5) is 5.82 Å². The lowest BCUT2D eigenvalue weighted by atomic mass is 10.0. The molecule has 1 aliphatic rings. The third-order valence-corrected chi connectivity index (χ3v) is 12.9. The molecule has 2 heterocycles. The molecule has 1 fully saturated rings. The first kappa shape index (κ1) is 59.5. The van der Waals surface area contributed by atoms with Crippen molar-refractivity contribution < 1.29 is 71.1 Å². The summed E-state index contributed by atoms with van der Waals surface area (Å²) in [6.07, 6.45) is 23.9. The molecule has 0 bridgehead atoms. The van der Waals surface area contributed by atoms with E-state index in [2.05, 4.69) is 48.3 Å². The number of esters is 2. The first-order chi connectivity index (χ1) is 31.9. The van der Waals surface area contributed by atoms with Crippen LogP contribution in [0, 0.1) is 5.92 Å². The average molecular weight is 988 g/mol. The number of nitrogens with two attached hydrogens (primary N) is 1. The summed E-state index contributed by atoms with van der Waals surface area (Å²) in [5, 5.41) is 20.9. The average Bonchev–Trinajstić information content (AvgIpc) is 3.54. The Hall–Kier alpha value is -3.61. The first-order valence-electron chi connectivity index (χ1n) is 23.5. The van der Waals surface area contributed by atoms with E-state index in [1.54, 1.807) is 12.2 Å². The van der Waals surface area contributed by atoms with Gasteiger partial charge in [0.2, 0.25) is 0 Å². The highest BCUT2D eigenvalue weighted by atomic mass is 31.3. The van der Waals surface area contributed by atoms with Crippen molar-refractivity contribution in [2.75, 3.05) is 25.6 Å². The van der Waals surface area contributed by atoms with Crippen LogP contribution in [0.15, 0.2) is 65.7 Å². The fourth-order valence-electron chi connectivity index (χ4n) is 6.63. The second-order valence-electron chi connectivity index (χ2n) is 16.8. The van der Waals surface area contributed by atoms with Crippen LogP contribution in [0.5, 0.6) is 0 Å². The third kappa shape index (κ3) is 27.8. The number of carbonyl (C=O) groups is 3. The number of unbranched alkanes of at least 4 members (excludes halogenated alkanes) is 10. The Morgan fingerprint density at radius 1 is 0.806 bits per heavy atom. The van der Waals surface area contributed by atoms with E-state index in [1.807, 2.05) is 12.2 Å². The van der Waals surface area contributed by atoms with Crippen molar-refractivity contribution in [3.63, 3.8) is 0 Å². The fraction of sp³-hybridized carbons (Fsp3) is 0.674. The second-order valence-corrected chi connectivity index (χ2v) is 19.8. The van der Waals surface area contributed by atoms with Gasteiger partial charge in [0.25, 0.3) is 0 Å². The third-order valence-electron chi connectivity index (χ3n) is 10.3. The Bertz CT molecular complexity index is 1890. The predicted molar refractivity (Wildman–Crippen MR) is 252 cm³/mol. The monoisotopic (exact) mass is 987 g/mol. The van der Waals surface area contributed by atoms with E-state index in [1.165, 1.54) is 50.7 Å². The van der Waals surface area contributed by atoms with Gasteiger partial charge in [-0.3, -0.25) is 28.0 Å². The number of phosphoric ester groups is 2. The Balaban J connectivity index is 1.87. The number of ether oxygens (including phenoxy) is 3. The summed E-state index contributed by atoms with van der Waals surface area (Å²) < 4.78 is 56.3. The van der Waals surface area contributed by atoms with Crippen LogP contribution >= 0.6 is 15.6 Å². The minimum Gasteiger partial charge on any atom is -0.462 e. The maximum atomic E-state index is 12.8. The van der Waals surface area contributed by atoms with Crippen LogP contribution in [0.25, 0.3) is 0 Å². The van der Waals surface area contributed by atoms with Gasteiger partial charge < -0.3 is 39.9 Å². The van der Waals surface area contributed by atoms with Gasteiger partial charge in [-0.2, -0.15) is 9.29 Å².